The summed E-state index contributed by atoms with van der Waals surface area (Å²) >= 11 is 0. The zero-order valence-electron chi connectivity index (χ0n) is 19.1. The second kappa shape index (κ2) is 8.94. The number of allylic oxidation sites excluding steroid dienone is 1. The Bertz CT molecular complexity index is 1180. The average Bonchev–Trinajstić information content (AvgIpc) is 3.13. The Morgan fingerprint density at radius 1 is 1.19 bits per heavy atom. The van der Waals surface area contributed by atoms with Gasteiger partial charge in [-0.05, 0) is 57.0 Å². The minimum Gasteiger partial charge on any atom is -0.493 e. The number of para-hydroxylation sites is 2. The maximum atomic E-state index is 13.2. The van der Waals surface area contributed by atoms with Crippen molar-refractivity contribution in [2.45, 2.75) is 46.3 Å². The Morgan fingerprint density at radius 3 is 2.69 bits per heavy atom. The number of anilines is 1. The summed E-state index contributed by atoms with van der Waals surface area (Å²) in [6.45, 7) is 8.23. The molecular weight excluding hydrogens is 406 g/mol. The lowest BCUT2D eigenvalue weighted by atomic mass is 9.94. The van der Waals surface area contributed by atoms with Crippen LogP contribution in [0, 0.1) is 0 Å². The summed E-state index contributed by atoms with van der Waals surface area (Å²) in [7, 11) is 1.62. The van der Waals surface area contributed by atoms with Crippen molar-refractivity contribution in [1.82, 2.24) is 9.55 Å². The highest BCUT2D eigenvalue weighted by atomic mass is 16.5. The number of ether oxygens (including phenoxy) is 3. The first-order chi connectivity index (χ1) is 15.4. The zero-order valence-corrected chi connectivity index (χ0v) is 19.1. The van der Waals surface area contributed by atoms with E-state index in [0.717, 1.165) is 23.0 Å². The third-order valence-electron chi connectivity index (χ3n) is 5.36. The molecule has 1 aromatic heterocycles. The SMILES string of the molecule is CCCOc1ccc(C2C(C(=O)OC(C)C)=C(C)Nc3nc4ccccc4n32)cc1OC. The number of nitrogens with one attached hydrogen (secondary N) is 1. The van der Waals surface area contributed by atoms with E-state index in [0.29, 0.717) is 35.3 Å². The molecule has 0 radical (unpaired) electrons. The number of nitrogens with zero attached hydrogens (tertiary/aromatic N) is 2. The summed E-state index contributed by atoms with van der Waals surface area (Å²) in [5.41, 5.74) is 3.91. The quantitative estimate of drug-likeness (QED) is 0.522. The molecule has 0 spiro atoms. The van der Waals surface area contributed by atoms with Crippen LogP contribution in [0.1, 0.15) is 45.7 Å². The summed E-state index contributed by atoms with van der Waals surface area (Å²) in [4.78, 5) is 18.0. The molecule has 0 fully saturated rings. The monoisotopic (exact) mass is 435 g/mol. The molecule has 1 atom stereocenters. The lowest BCUT2D eigenvalue weighted by molar-refractivity contribution is -0.143. The highest BCUT2D eigenvalue weighted by molar-refractivity contribution is 5.94. The van der Waals surface area contributed by atoms with Gasteiger partial charge in [0, 0.05) is 5.70 Å². The maximum Gasteiger partial charge on any atom is 0.338 e. The highest BCUT2D eigenvalue weighted by Gasteiger charge is 2.35. The largest absolute Gasteiger partial charge is 0.493 e. The molecule has 32 heavy (non-hydrogen) atoms. The zero-order chi connectivity index (χ0) is 22.8. The maximum absolute atomic E-state index is 13.2. The molecule has 2 heterocycles. The molecule has 1 N–H and O–H groups in total. The summed E-state index contributed by atoms with van der Waals surface area (Å²) in [6.07, 6.45) is 0.667. The Balaban J connectivity index is 1.90. The van der Waals surface area contributed by atoms with Gasteiger partial charge in [0.15, 0.2) is 11.5 Å². The summed E-state index contributed by atoms with van der Waals surface area (Å²) in [5.74, 6) is 1.62. The van der Waals surface area contributed by atoms with Crippen molar-refractivity contribution in [2.75, 3.05) is 19.0 Å². The highest BCUT2D eigenvalue weighted by Crippen LogP contribution is 2.42. The Hall–Kier alpha value is -3.48. The first-order valence-electron chi connectivity index (χ1n) is 10.9. The molecule has 0 saturated heterocycles. The summed E-state index contributed by atoms with van der Waals surface area (Å²) < 4.78 is 19.1. The molecule has 1 aliphatic rings. The van der Waals surface area contributed by atoms with E-state index in [9.17, 15) is 4.79 Å². The van der Waals surface area contributed by atoms with Crippen LogP contribution in [0.4, 0.5) is 5.95 Å². The second-order valence-corrected chi connectivity index (χ2v) is 8.07. The molecule has 1 unspecified atom stereocenters. The molecule has 0 amide bonds. The molecule has 7 heteroatoms. The minimum absolute atomic E-state index is 0.233. The fourth-order valence-corrected chi connectivity index (χ4v) is 4.01. The molecule has 168 valence electrons. The average molecular weight is 436 g/mol. The number of aromatic nitrogens is 2. The van der Waals surface area contributed by atoms with Crippen molar-refractivity contribution in [3.05, 3.63) is 59.3 Å². The number of benzene rings is 2. The van der Waals surface area contributed by atoms with Gasteiger partial charge in [0.25, 0.3) is 0 Å². The van der Waals surface area contributed by atoms with E-state index < -0.39 is 6.04 Å². The van der Waals surface area contributed by atoms with Crippen molar-refractivity contribution in [3.8, 4) is 11.5 Å². The third kappa shape index (κ3) is 3.90. The van der Waals surface area contributed by atoms with E-state index in [2.05, 4.69) is 12.2 Å². The molecule has 0 aliphatic carbocycles. The van der Waals surface area contributed by atoms with E-state index in [4.69, 9.17) is 19.2 Å². The van der Waals surface area contributed by atoms with E-state index in [1.54, 1.807) is 7.11 Å². The van der Waals surface area contributed by atoms with Crippen molar-refractivity contribution >= 4 is 23.0 Å². The Labute approximate surface area is 188 Å². The second-order valence-electron chi connectivity index (χ2n) is 8.07. The van der Waals surface area contributed by atoms with Gasteiger partial charge in [-0.15, -0.1) is 0 Å². The third-order valence-corrected chi connectivity index (χ3v) is 5.36. The van der Waals surface area contributed by atoms with Gasteiger partial charge >= 0.3 is 5.97 Å². The number of esters is 1. The Kier molecular flexibility index (Phi) is 6.08. The minimum atomic E-state index is -0.431. The number of hydrogen-bond donors (Lipinski definition) is 1. The molecule has 3 aromatic rings. The Morgan fingerprint density at radius 2 is 1.97 bits per heavy atom. The van der Waals surface area contributed by atoms with Gasteiger partial charge in [0.05, 0.1) is 42.5 Å². The number of rotatable bonds is 7. The van der Waals surface area contributed by atoms with Crippen LogP contribution in [0.3, 0.4) is 0 Å². The lowest BCUT2D eigenvalue weighted by Crippen LogP contribution is -2.30. The van der Waals surface area contributed by atoms with E-state index in [1.807, 2.05) is 67.8 Å². The first kappa shape index (κ1) is 21.7. The van der Waals surface area contributed by atoms with E-state index in [1.165, 1.54) is 0 Å². The first-order valence-corrected chi connectivity index (χ1v) is 10.9. The van der Waals surface area contributed by atoms with Gasteiger partial charge in [-0.2, -0.15) is 0 Å². The number of carbonyl (C=O) groups is 1. The number of carbonyl (C=O) groups excluding carboxylic acids is 1. The van der Waals surface area contributed by atoms with E-state index in [-0.39, 0.29) is 12.1 Å². The fourth-order valence-electron chi connectivity index (χ4n) is 4.01. The van der Waals surface area contributed by atoms with Crippen molar-refractivity contribution in [3.63, 3.8) is 0 Å². The van der Waals surface area contributed by atoms with Crippen LogP contribution in [0.5, 0.6) is 11.5 Å². The fraction of sp³-hybridized carbons (Fsp3) is 0.360. The van der Waals surface area contributed by atoms with E-state index >= 15 is 0 Å². The van der Waals surface area contributed by atoms with Crippen LogP contribution in [0.15, 0.2) is 53.7 Å². The molecule has 0 saturated carbocycles. The number of hydrogen-bond acceptors (Lipinski definition) is 6. The molecule has 4 rings (SSSR count). The summed E-state index contributed by atoms with van der Waals surface area (Å²) in [5, 5.41) is 3.30. The smallest absolute Gasteiger partial charge is 0.338 e. The van der Waals surface area contributed by atoms with Crippen LogP contribution in [0.2, 0.25) is 0 Å². The number of imidazole rings is 1. The normalized spacial score (nSPS) is 15.5. The predicted molar refractivity (Wildman–Crippen MR) is 124 cm³/mol. The molecular formula is C25H29N3O4. The predicted octanol–water partition coefficient (Wildman–Crippen LogP) is 5.07. The molecule has 2 aromatic carbocycles. The molecule has 0 bridgehead atoms. The van der Waals surface area contributed by atoms with Gasteiger partial charge in [-0.25, -0.2) is 9.78 Å². The lowest BCUT2D eigenvalue weighted by Gasteiger charge is -2.31. The van der Waals surface area contributed by atoms with Crippen LogP contribution < -0.4 is 14.8 Å². The van der Waals surface area contributed by atoms with Crippen molar-refractivity contribution < 1.29 is 19.0 Å². The molecule has 1 aliphatic heterocycles. The van der Waals surface area contributed by atoms with Crippen LogP contribution >= 0.6 is 0 Å². The topological polar surface area (TPSA) is 74.6 Å². The summed E-state index contributed by atoms with van der Waals surface area (Å²) in [6, 6.07) is 13.2. The van der Waals surface area contributed by atoms with Gasteiger partial charge < -0.3 is 19.5 Å². The van der Waals surface area contributed by atoms with Gasteiger partial charge in [-0.3, -0.25) is 4.57 Å². The van der Waals surface area contributed by atoms with Gasteiger partial charge in [-0.1, -0.05) is 25.1 Å². The van der Waals surface area contributed by atoms with Crippen molar-refractivity contribution in [1.29, 1.82) is 0 Å². The van der Waals surface area contributed by atoms with Gasteiger partial charge in [0.2, 0.25) is 5.95 Å². The van der Waals surface area contributed by atoms with Gasteiger partial charge in [0.1, 0.15) is 0 Å². The van der Waals surface area contributed by atoms with Crippen LogP contribution in [-0.2, 0) is 9.53 Å². The van der Waals surface area contributed by atoms with Crippen molar-refractivity contribution in [2.24, 2.45) is 0 Å². The number of fused-ring (bicyclic) bond motifs is 3. The standard InChI is InChI=1S/C25H29N3O4/c1-6-13-31-20-12-11-17(14-21(20)30-5)23-22(24(29)32-15(2)3)16(4)26-25-27-18-9-7-8-10-19(18)28(23)25/h7-12,14-15,23H,6,13H2,1-5H3,(H,26,27). The molecule has 7 nitrogen and oxygen atoms in total. The number of methoxy groups -OCH3 is 1. The van der Waals surface area contributed by atoms with Crippen LogP contribution in [0.25, 0.3) is 11.0 Å². The van der Waals surface area contributed by atoms with Crippen LogP contribution in [-0.4, -0.2) is 35.3 Å².